The number of nitrogens with zero attached hydrogens (tertiary/aromatic N) is 2. The number of hydrogen-bond donors (Lipinski definition) is 4. The maximum absolute atomic E-state index is 13.0. The van der Waals surface area contributed by atoms with Gasteiger partial charge in [0.2, 0.25) is 0 Å². The molecule has 0 aliphatic carbocycles. The van der Waals surface area contributed by atoms with Crippen LogP contribution in [0.3, 0.4) is 0 Å². The molecule has 0 fully saturated rings. The van der Waals surface area contributed by atoms with Gasteiger partial charge in [0.05, 0.1) is 11.4 Å². The van der Waals surface area contributed by atoms with E-state index in [1.807, 2.05) is 38.4 Å². The second-order valence-corrected chi connectivity index (χ2v) is 8.37. The molecule has 3 amide bonds. The standard InChI is InChI=1S/C26H32N6O2/c1-31(2)16-5-17-32(26(34)29-22-14-12-21(27)13-15-22)18-19-8-10-20(11-9-19)25(33)30-24-7-4-3-6-23(24)28/h3-4,6-15H,5,16-18,27-28H2,1-2H3,(H,29,34)(H,30,33). The van der Waals surface area contributed by atoms with E-state index in [2.05, 4.69) is 15.5 Å². The molecule has 0 saturated carbocycles. The van der Waals surface area contributed by atoms with Crippen LogP contribution in [-0.4, -0.2) is 48.9 Å². The molecule has 0 heterocycles. The molecule has 0 bridgehead atoms. The van der Waals surface area contributed by atoms with Crippen LogP contribution >= 0.6 is 0 Å². The highest BCUT2D eigenvalue weighted by Crippen LogP contribution is 2.18. The normalized spacial score (nSPS) is 10.7. The second-order valence-electron chi connectivity index (χ2n) is 8.37. The van der Waals surface area contributed by atoms with Crippen molar-refractivity contribution in [1.82, 2.24) is 9.80 Å². The zero-order valence-corrected chi connectivity index (χ0v) is 19.6. The molecular weight excluding hydrogens is 428 g/mol. The quantitative estimate of drug-likeness (QED) is 0.359. The highest BCUT2D eigenvalue weighted by atomic mass is 16.2. The number of hydrogen-bond acceptors (Lipinski definition) is 5. The SMILES string of the molecule is CN(C)CCCN(Cc1ccc(C(=O)Nc2ccccc2N)cc1)C(=O)Nc1ccc(N)cc1. The first-order valence-electron chi connectivity index (χ1n) is 11.1. The van der Waals surface area contributed by atoms with E-state index in [1.54, 1.807) is 53.4 Å². The molecule has 34 heavy (non-hydrogen) atoms. The van der Waals surface area contributed by atoms with Crippen molar-refractivity contribution in [3.8, 4) is 0 Å². The minimum Gasteiger partial charge on any atom is -0.399 e. The van der Waals surface area contributed by atoms with E-state index >= 15 is 0 Å². The summed E-state index contributed by atoms with van der Waals surface area (Å²) in [5, 5.41) is 5.75. The maximum atomic E-state index is 13.0. The van der Waals surface area contributed by atoms with Gasteiger partial charge < -0.3 is 31.9 Å². The van der Waals surface area contributed by atoms with Gasteiger partial charge in [-0.3, -0.25) is 4.79 Å². The number of nitrogen functional groups attached to an aromatic ring is 2. The summed E-state index contributed by atoms with van der Waals surface area (Å²) >= 11 is 0. The van der Waals surface area contributed by atoms with Gasteiger partial charge in [0.1, 0.15) is 0 Å². The number of anilines is 4. The van der Waals surface area contributed by atoms with Gasteiger partial charge in [-0.2, -0.15) is 0 Å². The molecule has 0 atom stereocenters. The van der Waals surface area contributed by atoms with Gasteiger partial charge in [-0.25, -0.2) is 4.79 Å². The maximum Gasteiger partial charge on any atom is 0.322 e. The number of nitrogens with two attached hydrogens (primary N) is 2. The van der Waals surface area contributed by atoms with E-state index in [-0.39, 0.29) is 11.9 Å². The molecule has 0 unspecified atom stereocenters. The lowest BCUT2D eigenvalue weighted by atomic mass is 10.1. The Morgan fingerprint density at radius 1 is 0.824 bits per heavy atom. The Balaban J connectivity index is 1.66. The van der Waals surface area contributed by atoms with Crippen LogP contribution < -0.4 is 22.1 Å². The molecule has 0 radical (unpaired) electrons. The average molecular weight is 461 g/mol. The minimum absolute atomic E-state index is 0.190. The Kier molecular flexibility index (Phi) is 8.48. The lowest BCUT2D eigenvalue weighted by Crippen LogP contribution is -2.36. The van der Waals surface area contributed by atoms with Crippen molar-refractivity contribution in [1.29, 1.82) is 0 Å². The van der Waals surface area contributed by atoms with Crippen LogP contribution in [0.4, 0.5) is 27.5 Å². The van der Waals surface area contributed by atoms with Gasteiger partial charge >= 0.3 is 6.03 Å². The molecule has 3 aromatic carbocycles. The van der Waals surface area contributed by atoms with Crippen molar-refractivity contribution in [2.75, 3.05) is 49.3 Å². The monoisotopic (exact) mass is 460 g/mol. The summed E-state index contributed by atoms with van der Waals surface area (Å²) in [5.41, 5.74) is 15.5. The molecule has 0 aliphatic heterocycles. The topological polar surface area (TPSA) is 117 Å². The van der Waals surface area contributed by atoms with Crippen LogP contribution in [0.1, 0.15) is 22.3 Å². The van der Waals surface area contributed by atoms with Crippen molar-refractivity contribution >= 4 is 34.7 Å². The number of carbonyl (C=O) groups excluding carboxylic acids is 2. The summed E-state index contributed by atoms with van der Waals surface area (Å²) < 4.78 is 0. The van der Waals surface area contributed by atoms with Crippen LogP contribution in [0.2, 0.25) is 0 Å². The van der Waals surface area contributed by atoms with Crippen LogP contribution in [0.5, 0.6) is 0 Å². The van der Waals surface area contributed by atoms with Gasteiger partial charge in [-0.15, -0.1) is 0 Å². The number of carbonyl (C=O) groups is 2. The van der Waals surface area contributed by atoms with E-state index < -0.39 is 0 Å². The largest absolute Gasteiger partial charge is 0.399 e. The summed E-state index contributed by atoms with van der Waals surface area (Å²) in [6.07, 6.45) is 0.834. The number of rotatable bonds is 9. The summed E-state index contributed by atoms with van der Waals surface area (Å²) in [5.74, 6) is -0.242. The molecule has 0 aromatic heterocycles. The minimum atomic E-state index is -0.242. The Morgan fingerprint density at radius 2 is 1.50 bits per heavy atom. The first kappa shape index (κ1) is 24.6. The van der Waals surface area contributed by atoms with Gasteiger partial charge in [0, 0.05) is 30.0 Å². The second kappa shape index (κ2) is 11.7. The number of amides is 3. The fourth-order valence-electron chi connectivity index (χ4n) is 3.39. The number of para-hydroxylation sites is 2. The number of benzene rings is 3. The van der Waals surface area contributed by atoms with Crippen LogP contribution in [0, 0.1) is 0 Å². The molecule has 8 heteroatoms. The predicted octanol–water partition coefficient (Wildman–Crippen LogP) is 4.09. The average Bonchev–Trinajstić information content (AvgIpc) is 2.81. The van der Waals surface area contributed by atoms with Gasteiger partial charge in [0.25, 0.3) is 5.91 Å². The third kappa shape index (κ3) is 7.25. The fraction of sp³-hybridized carbons (Fsp3) is 0.231. The molecule has 8 nitrogen and oxygen atoms in total. The molecule has 0 saturated heterocycles. The zero-order valence-electron chi connectivity index (χ0n) is 19.6. The van der Waals surface area contributed by atoms with Crippen molar-refractivity contribution < 1.29 is 9.59 Å². The Bertz CT molecular complexity index is 1100. The lowest BCUT2D eigenvalue weighted by Gasteiger charge is -2.24. The lowest BCUT2D eigenvalue weighted by molar-refractivity contribution is 0.102. The highest BCUT2D eigenvalue weighted by molar-refractivity contribution is 6.05. The third-order valence-electron chi connectivity index (χ3n) is 5.28. The fourth-order valence-corrected chi connectivity index (χ4v) is 3.39. The Hall–Kier alpha value is -4.04. The van der Waals surface area contributed by atoms with Gasteiger partial charge in [-0.05, 0) is 81.2 Å². The van der Waals surface area contributed by atoms with E-state index in [4.69, 9.17) is 11.5 Å². The molecule has 178 valence electrons. The number of urea groups is 1. The summed E-state index contributed by atoms with van der Waals surface area (Å²) in [6.45, 7) is 1.88. The first-order chi connectivity index (χ1) is 16.3. The molecule has 0 aliphatic rings. The van der Waals surface area contributed by atoms with E-state index in [0.29, 0.717) is 41.4 Å². The molecule has 3 aromatic rings. The number of nitrogens with one attached hydrogen (secondary N) is 2. The van der Waals surface area contributed by atoms with Crippen molar-refractivity contribution in [3.05, 3.63) is 83.9 Å². The zero-order chi connectivity index (χ0) is 24.5. The smallest absolute Gasteiger partial charge is 0.322 e. The molecule has 3 rings (SSSR count). The molecular formula is C26H32N6O2. The van der Waals surface area contributed by atoms with Crippen LogP contribution in [0.25, 0.3) is 0 Å². The van der Waals surface area contributed by atoms with Crippen molar-refractivity contribution in [2.45, 2.75) is 13.0 Å². The summed E-state index contributed by atoms with van der Waals surface area (Å²) in [4.78, 5) is 29.4. The first-order valence-corrected chi connectivity index (χ1v) is 11.1. The Morgan fingerprint density at radius 3 is 2.15 bits per heavy atom. The van der Waals surface area contributed by atoms with Crippen molar-refractivity contribution in [2.24, 2.45) is 0 Å². The van der Waals surface area contributed by atoms with E-state index in [0.717, 1.165) is 18.5 Å². The summed E-state index contributed by atoms with van der Waals surface area (Å²) in [6, 6.07) is 21.2. The van der Waals surface area contributed by atoms with E-state index in [1.165, 1.54) is 0 Å². The van der Waals surface area contributed by atoms with Crippen molar-refractivity contribution in [3.63, 3.8) is 0 Å². The van der Waals surface area contributed by atoms with Crippen LogP contribution in [0.15, 0.2) is 72.8 Å². The van der Waals surface area contributed by atoms with Gasteiger partial charge in [0.15, 0.2) is 0 Å². The van der Waals surface area contributed by atoms with E-state index in [9.17, 15) is 9.59 Å². The summed E-state index contributed by atoms with van der Waals surface area (Å²) in [7, 11) is 4.01. The van der Waals surface area contributed by atoms with Crippen LogP contribution in [-0.2, 0) is 6.54 Å². The Labute approximate surface area is 200 Å². The molecule has 0 spiro atoms. The third-order valence-corrected chi connectivity index (χ3v) is 5.28. The predicted molar refractivity (Wildman–Crippen MR) is 139 cm³/mol. The highest BCUT2D eigenvalue weighted by Gasteiger charge is 2.15. The molecule has 6 N–H and O–H groups in total. The van der Waals surface area contributed by atoms with Gasteiger partial charge in [-0.1, -0.05) is 24.3 Å².